The van der Waals surface area contributed by atoms with Crippen LogP contribution in [0.1, 0.15) is 21.8 Å². The maximum absolute atomic E-state index is 12.5. The third-order valence-electron chi connectivity index (χ3n) is 3.97. The van der Waals surface area contributed by atoms with Gasteiger partial charge < -0.3 is 15.2 Å². The largest absolute Gasteiger partial charge is 0.361 e. The highest BCUT2D eigenvalue weighted by Crippen LogP contribution is 2.24. The van der Waals surface area contributed by atoms with Crippen LogP contribution in [0, 0.1) is 6.92 Å². The van der Waals surface area contributed by atoms with Crippen LogP contribution in [0.4, 0.5) is 0 Å². The Bertz CT molecular complexity index is 710. The van der Waals surface area contributed by atoms with Crippen molar-refractivity contribution < 1.29 is 9.32 Å². The first kappa shape index (κ1) is 23.7. The first-order valence-corrected chi connectivity index (χ1v) is 9.42. The van der Waals surface area contributed by atoms with Crippen molar-refractivity contribution in [3.05, 3.63) is 41.4 Å². The molecule has 3 rings (SSSR count). The van der Waals surface area contributed by atoms with E-state index < -0.39 is 0 Å². The summed E-state index contributed by atoms with van der Waals surface area (Å²) in [5.41, 5.74) is 1.45. The van der Waals surface area contributed by atoms with Gasteiger partial charge in [-0.3, -0.25) is 9.69 Å². The van der Waals surface area contributed by atoms with E-state index in [0.717, 1.165) is 44.2 Å². The van der Waals surface area contributed by atoms with E-state index in [-0.39, 0.29) is 30.7 Å². The van der Waals surface area contributed by atoms with Crippen LogP contribution >= 0.6 is 36.6 Å². The van der Waals surface area contributed by atoms with Gasteiger partial charge in [-0.05, 0) is 19.1 Å². The van der Waals surface area contributed by atoms with Crippen molar-refractivity contribution in [2.45, 2.75) is 17.7 Å². The predicted octanol–water partition coefficient (Wildman–Crippen LogP) is 2.15. The molecular formula is C17H25Cl2N5O2S. The standard InChI is InChI=1S/C17H23N5O2S.2ClH/c1-13-11-14(21-24-13)12-25-17-15(3-2-4-20-17)16(23)19-7-10-22-8-5-18-6-9-22;;/h2-4,11,18H,5-10,12H2,1H3,(H,19,23);2*1H. The number of thioether (sulfide) groups is 1. The Kier molecular flexibility index (Phi) is 10.7. The maximum atomic E-state index is 12.5. The lowest BCUT2D eigenvalue weighted by Gasteiger charge is -2.27. The molecule has 2 aromatic heterocycles. The molecule has 0 aliphatic carbocycles. The summed E-state index contributed by atoms with van der Waals surface area (Å²) in [4.78, 5) is 19.2. The van der Waals surface area contributed by atoms with E-state index >= 15 is 0 Å². The Morgan fingerprint density at radius 3 is 2.85 bits per heavy atom. The van der Waals surface area contributed by atoms with E-state index in [4.69, 9.17) is 4.52 Å². The molecular weight excluding hydrogens is 409 g/mol. The molecule has 0 bridgehead atoms. The zero-order valence-electron chi connectivity index (χ0n) is 15.1. The zero-order chi connectivity index (χ0) is 17.5. The molecule has 0 aromatic carbocycles. The summed E-state index contributed by atoms with van der Waals surface area (Å²) in [5, 5.41) is 11.0. The van der Waals surface area contributed by atoms with Gasteiger partial charge in [-0.15, -0.1) is 24.8 Å². The Hall–Kier alpha value is -1.32. The number of aromatic nitrogens is 2. The fourth-order valence-electron chi connectivity index (χ4n) is 2.66. The number of rotatable bonds is 7. The second-order valence-electron chi connectivity index (χ2n) is 5.92. The van der Waals surface area contributed by atoms with Gasteiger partial charge in [0.15, 0.2) is 0 Å². The molecule has 1 aliphatic rings. The molecule has 1 fully saturated rings. The van der Waals surface area contributed by atoms with Gasteiger partial charge in [0.2, 0.25) is 0 Å². The van der Waals surface area contributed by atoms with Crippen molar-refractivity contribution in [1.29, 1.82) is 0 Å². The topological polar surface area (TPSA) is 83.3 Å². The highest BCUT2D eigenvalue weighted by molar-refractivity contribution is 7.98. The molecule has 0 unspecified atom stereocenters. The Balaban J connectivity index is 0.00000182. The highest BCUT2D eigenvalue weighted by atomic mass is 35.5. The molecule has 0 atom stereocenters. The number of aryl methyl sites for hydroxylation is 1. The molecule has 1 amide bonds. The van der Waals surface area contributed by atoms with Crippen LogP contribution in [0.15, 0.2) is 33.9 Å². The molecule has 0 saturated carbocycles. The quantitative estimate of drug-likeness (QED) is 0.646. The smallest absolute Gasteiger partial charge is 0.254 e. The van der Waals surface area contributed by atoms with Crippen molar-refractivity contribution in [2.24, 2.45) is 0 Å². The van der Waals surface area contributed by atoms with Crippen molar-refractivity contribution in [3.8, 4) is 0 Å². The number of piperazine rings is 1. The number of nitrogens with zero attached hydrogens (tertiary/aromatic N) is 3. The zero-order valence-corrected chi connectivity index (χ0v) is 17.6. The van der Waals surface area contributed by atoms with Crippen LogP contribution in [-0.2, 0) is 5.75 Å². The van der Waals surface area contributed by atoms with Gasteiger partial charge in [-0.2, -0.15) is 0 Å². The average Bonchev–Trinajstić information content (AvgIpc) is 3.06. The number of halogens is 2. The summed E-state index contributed by atoms with van der Waals surface area (Å²) in [5.74, 6) is 1.32. The van der Waals surface area contributed by atoms with E-state index in [1.54, 1.807) is 12.3 Å². The van der Waals surface area contributed by atoms with Crippen LogP contribution in [0.2, 0.25) is 0 Å². The van der Waals surface area contributed by atoms with Gasteiger partial charge in [0.1, 0.15) is 10.8 Å². The van der Waals surface area contributed by atoms with Crippen LogP contribution in [0.5, 0.6) is 0 Å². The average molecular weight is 434 g/mol. The molecule has 10 heteroatoms. The Labute approximate surface area is 175 Å². The summed E-state index contributed by atoms with van der Waals surface area (Å²) in [6, 6.07) is 5.49. The molecule has 7 nitrogen and oxygen atoms in total. The van der Waals surface area contributed by atoms with E-state index in [1.165, 1.54) is 11.8 Å². The van der Waals surface area contributed by atoms with Crippen molar-refractivity contribution in [2.75, 3.05) is 39.3 Å². The number of carbonyl (C=O) groups excluding carboxylic acids is 1. The van der Waals surface area contributed by atoms with Gasteiger partial charge in [-0.1, -0.05) is 16.9 Å². The highest BCUT2D eigenvalue weighted by Gasteiger charge is 2.14. The normalized spacial score (nSPS) is 14.1. The van der Waals surface area contributed by atoms with Crippen molar-refractivity contribution in [1.82, 2.24) is 25.7 Å². The summed E-state index contributed by atoms with van der Waals surface area (Å²) in [6.45, 7) is 7.45. The number of amides is 1. The second kappa shape index (κ2) is 12.2. The number of hydrogen-bond donors (Lipinski definition) is 2. The van der Waals surface area contributed by atoms with Crippen LogP contribution < -0.4 is 10.6 Å². The SMILES string of the molecule is Cc1cc(CSc2ncccc2C(=O)NCCN2CCNCC2)no1.Cl.Cl. The fraction of sp³-hybridized carbons (Fsp3) is 0.471. The Morgan fingerprint density at radius 1 is 1.37 bits per heavy atom. The van der Waals surface area contributed by atoms with E-state index in [2.05, 4.69) is 25.7 Å². The summed E-state index contributed by atoms with van der Waals surface area (Å²) in [7, 11) is 0. The van der Waals surface area contributed by atoms with E-state index in [9.17, 15) is 4.79 Å². The number of pyridine rings is 1. The molecule has 1 saturated heterocycles. The minimum atomic E-state index is -0.0814. The van der Waals surface area contributed by atoms with Crippen molar-refractivity contribution in [3.63, 3.8) is 0 Å². The third kappa shape index (κ3) is 7.31. The Morgan fingerprint density at radius 2 is 2.15 bits per heavy atom. The van der Waals surface area contributed by atoms with Crippen LogP contribution in [0.25, 0.3) is 0 Å². The first-order valence-electron chi connectivity index (χ1n) is 8.43. The molecule has 3 heterocycles. The summed E-state index contributed by atoms with van der Waals surface area (Å²) in [6.07, 6.45) is 1.70. The van der Waals surface area contributed by atoms with E-state index in [0.29, 0.717) is 22.9 Å². The van der Waals surface area contributed by atoms with Gasteiger partial charge in [0.05, 0.1) is 11.3 Å². The lowest BCUT2D eigenvalue weighted by Crippen LogP contribution is -2.46. The van der Waals surface area contributed by atoms with Crippen LogP contribution in [0.3, 0.4) is 0 Å². The minimum Gasteiger partial charge on any atom is -0.361 e. The number of hydrogen-bond acceptors (Lipinski definition) is 7. The lowest BCUT2D eigenvalue weighted by atomic mass is 10.2. The number of carbonyl (C=O) groups is 1. The van der Waals surface area contributed by atoms with Crippen molar-refractivity contribution >= 4 is 42.5 Å². The molecule has 150 valence electrons. The minimum absolute atomic E-state index is 0. The fourth-order valence-corrected chi connectivity index (χ4v) is 3.54. The predicted molar refractivity (Wildman–Crippen MR) is 111 cm³/mol. The summed E-state index contributed by atoms with van der Waals surface area (Å²) < 4.78 is 5.07. The maximum Gasteiger partial charge on any atom is 0.254 e. The summed E-state index contributed by atoms with van der Waals surface area (Å²) >= 11 is 1.49. The molecule has 0 spiro atoms. The lowest BCUT2D eigenvalue weighted by molar-refractivity contribution is 0.0943. The van der Waals surface area contributed by atoms with Crippen LogP contribution in [-0.4, -0.2) is 60.2 Å². The van der Waals surface area contributed by atoms with Gasteiger partial charge in [-0.25, -0.2) is 4.98 Å². The van der Waals surface area contributed by atoms with E-state index in [1.807, 2.05) is 19.1 Å². The van der Waals surface area contributed by atoms with Gasteiger partial charge >= 0.3 is 0 Å². The number of nitrogens with one attached hydrogen (secondary N) is 2. The molecule has 27 heavy (non-hydrogen) atoms. The second-order valence-corrected chi connectivity index (χ2v) is 6.89. The first-order chi connectivity index (χ1) is 12.2. The van der Waals surface area contributed by atoms with Gasteiger partial charge in [0, 0.05) is 57.3 Å². The van der Waals surface area contributed by atoms with Gasteiger partial charge in [0.25, 0.3) is 5.91 Å². The molecule has 2 N–H and O–H groups in total. The molecule has 0 radical (unpaired) electrons. The molecule has 2 aromatic rings. The third-order valence-corrected chi connectivity index (χ3v) is 5.01. The molecule has 1 aliphatic heterocycles. The monoisotopic (exact) mass is 433 g/mol.